The molecule has 0 unspecified atom stereocenters. The number of rotatable bonds is 6. The lowest BCUT2D eigenvalue weighted by Crippen LogP contribution is -2.39. The van der Waals surface area contributed by atoms with Crippen molar-refractivity contribution < 1.29 is 13.5 Å². The van der Waals surface area contributed by atoms with Crippen molar-refractivity contribution in [2.24, 2.45) is 0 Å². The molecule has 2 heterocycles. The van der Waals surface area contributed by atoms with Crippen LogP contribution in [0.5, 0.6) is 0 Å². The fourth-order valence-corrected chi connectivity index (χ4v) is 5.85. The Morgan fingerprint density at radius 2 is 2.10 bits per heavy atom. The largest absolute Gasteiger partial charge is 0.391 e. The quantitative estimate of drug-likeness (QED) is 0.807. The Morgan fingerprint density at radius 3 is 2.75 bits per heavy atom. The molecule has 20 heavy (non-hydrogen) atoms. The third-order valence-corrected chi connectivity index (χ3v) is 7.08. The topological polar surface area (TPSA) is 69.6 Å². The van der Waals surface area contributed by atoms with Crippen LogP contribution < -0.4 is 4.72 Å². The van der Waals surface area contributed by atoms with Crippen LogP contribution in [0, 0.1) is 6.92 Å². The van der Waals surface area contributed by atoms with E-state index in [9.17, 15) is 13.5 Å². The molecular formula is C12H20N2O3S3. The highest BCUT2D eigenvalue weighted by Gasteiger charge is 2.22. The first-order valence-corrected chi connectivity index (χ1v) is 10.0. The number of thioether (sulfide) groups is 1. The molecule has 0 amide bonds. The molecule has 1 aromatic rings. The molecule has 0 bridgehead atoms. The molecule has 0 spiro atoms. The summed E-state index contributed by atoms with van der Waals surface area (Å²) in [6, 6.07) is 0. The predicted molar refractivity (Wildman–Crippen MR) is 83.9 cm³/mol. The van der Waals surface area contributed by atoms with Gasteiger partial charge in [0.2, 0.25) is 10.0 Å². The van der Waals surface area contributed by atoms with Gasteiger partial charge < -0.3 is 10.0 Å². The van der Waals surface area contributed by atoms with Crippen molar-refractivity contribution in [2.45, 2.75) is 18.4 Å². The fourth-order valence-electron chi connectivity index (χ4n) is 2.19. The molecule has 0 atom stereocenters. The van der Waals surface area contributed by atoms with Gasteiger partial charge >= 0.3 is 0 Å². The third kappa shape index (κ3) is 3.96. The van der Waals surface area contributed by atoms with Gasteiger partial charge in [-0.05, 0) is 17.9 Å². The van der Waals surface area contributed by atoms with Crippen molar-refractivity contribution in [2.75, 3.05) is 37.7 Å². The van der Waals surface area contributed by atoms with E-state index in [-0.39, 0.29) is 11.5 Å². The Morgan fingerprint density at radius 1 is 1.40 bits per heavy atom. The normalized spacial score (nSPS) is 17.5. The molecule has 2 rings (SSSR count). The Hall–Kier alpha value is -0.120. The van der Waals surface area contributed by atoms with Crippen LogP contribution in [0.4, 0.5) is 0 Å². The first-order chi connectivity index (χ1) is 9.54. The number of hydrogen-bond donors (Lipinski definition) is 2. The number of hydrogen-bond acceptors (Lipinski definition) is 6. The van der Waals surface area contributed by atoms with Gasteiger partial charge in [-0.3, -0.25) is 0 Å². The highest BCUT2D eigenvalue weighted by atomic mass is 32.2. The summed E-state index contributed by atoms with van der Waals surface area (Å²) in [6.45, 7) is 4.70. The van der Waals surface area contributed by atoms with Crippen molar-refractivity contribution in [3.8, 4) is 0 Å². The van der Waals surface area contributed by atoms with Crippen LogP contribution in [0.15, 0.2) is 10.3 Å². The van der Waals surface area contributed by atoms with Gasteiger partial charge in [0.05, 0.1) is 11.5 Å². The van der Waals surface area contributed by atoms with E-state index in [4.69, 9.17) is 0 Å². The highest BCUT2D eigenvalue weighted by molar-refractivity contribution is 7.99. The summed E-state index contributed by atoms with van der Waals surface area (Å²) in [4.78, 5) is 3.02. The Kier molecular flexibility index (Phi) is 5.88. The van der Waals surface area contributed by atoms with Crippen LogP contribution in [0.1, 0.15) is 10.4 Å². The number of nitrogens with one attached hydrogen (secondary N) is 1. The molecule has 1 aromatic heterocycles. The molecule has 5 nitrogen and oxygen atoms in total. The molecule has 1 aliphatic rings. The lowest BCUT2D eigenvalue weighted by atomic mass is 10.3. The van der Waals surface area contributed by atoms with E-state index in [1.54, 1.807) is 12.3 Å². The summed E-state index contributed by atoms with van der Waals surface area (Å²) in [5.41, 5.74) is 0.695. The van der Waals surface area contributed by atoms with Crippen LogP contribution in [0.25, 0.3) is 0 Å². The molecule has 2 N–H and O–H groups in total. The molecule has 1 saturated heterocycles. The van der Waals surface area contributed by atoms with Crippen LogP contribution in [0.3, 0.4) is 0 Å². The lowest BCUT2D eigenvalue weighted by Gasteiger charge is -2.26. The predicted octanol–water partition coefficient (Wildman–Crippen LogP) is 0.876. The van der Waals surface area contributed by atoms with Crippen molar-refractivity contribution in [1.29, 1.82) is 0 Å². The second-order valence-electron chi connectivity index (χ2n) is 4.68. The second kappa shape index (κ2) is 7.24. The van der Waals surface area contributed by atoms with Crippen molar-refractivity contribution in [1.82, 2.24) is 9.62 Å². The van der Waals surface area contributed by atoms with E-state index < -0.39 is 10.0 Å². The maximum absolute atomic E-state index is 12.3. The summed E-state index contributed by atoms with van der Waals surface area (Å²) in [5, 5.41) is 11.0. The van der Waals surface area contributed by atoms with E-state index in [2.05, 4.69) is 9.62 Å². The first-order valence-electron chi connectivity index (χ1n) is 6.52. The Labute approximate surface area is 128 Å². The average molecular weight is 337 g/mol. The van der Waals surface area contributed by atoms with E-state index in [1.165, 1.54) is 11.3 Å². The number of thiophene rings is 1. The smallest absolute Gasteiger partial charge is 0.242 e. The van der Waals surface area contributed by atoms with Gasteiger partial charge in [0.1, 0.15) is 4.90 Å². The van der Waals surface area contributed by atoms with Gasteiger partial charge in [0.15, 0.2) is 0 Å². The highest BCUT2D eigenvalue weighted by Crippen LogP contribution is 2.26. The molecule has 0 aliphatic carbocycles. The number of nitrogens with zero attached hydrogens (tertiary/aromatic N) is 1. The van der Waals surface area contributed by atoms with Crippen LogP contribution >= 0.6 is 23.1 Å². The van der Waals surface area contributed by atoms with Crippen LogP contribution in [0.2, 0.25) is 0 Å². The maximum Gasteiger partial charge on any atom is 0.242 e. The Bertz CT molecular complexity index is 536. The molecule has 8 heteroatoms. The summed E-state index contributed by atoms with van der Waals surface area (Å²) in [5.74, 6) is 2.23. The standard InChI is InChI=1S/C12H20N2O3S3/c1-10-9-19-11(8-15)12(10)20(16,17)13-2-3-14-4-6-18-7-5-14/h9,13,15H,2-8H2,1H3. The van der Waals surface area contributed by atoms with Gasteiger partial charge in [0.25, 0.3) is 0 Å². The van der Waals surface area contributed by atoms with Gasteiger partial charge in [-0.2, -0.15) is 11.8 Å². The lowest BCUT2D eigenvalue weighted by molar-refractivity contribution is 0.282. The maximum atomic E-state index is 12.3. The zero-order valence-electron chi connectivity index (χ0n) is 11.5. The molecule has 0 radical (unpaired) electrons. The van der Waals surface area contributed by atoms with Crippen LogP contribution in [-0.4, -0.2) is 56.1 Å². The van der Waals surface area contributed by atoms with E-state index >= 15 is 0 Å². The minimum atomic E-state index is -3.52. The summed E-state index contributed by atoms with van der Waals surface area (Å²) in [6.07, 6.45) is 0. The van der Waals surface area contributed by atoms with E-state index in [0.29, 0.717) is 17.0 Å². The molecule has 1 fully saturated rings. The zero-order chi connectivity index (χ0) is 14.6. The Balaban J connectivity index is 1.95. The van der Waals surface area contributed by atoms with E-state index in [0.717, 1.165) is 31.1 Å². The van der Waals surface area contributed by atoms with Gasteiger partial charge in [-0.1, -0.05) is 0 Å². The minimum absolute atomic E-state index is 0.238. The van der Waals surface area contributed by atoms with Crippen LogP contribution in [-0.2, 0) is 16.6 Å². The molecule has 114 valence electrons. The van der Waals surface area contributed by atoms with Crippen molar-refractivity contribution in [3.63, 3.8) is 0 Å². The monoisotopic (exact) mass is 336 g/mol. The minimum Gasteiger partial charge on any atom is -0.391 e. The summed E-state index contributed by atoms with van der Waals surface area (Å²) < 4.78 is 27.2. The second-order valence-corrected chi connectivity index (χ2v) is 8.57. The van der Waals surface area contributed by atoms with Gasteiger partial charge in [0, 0.05) is 37.7 Å². The van der Waals surface area contributed by atoms with Crippen molar-refractivity contribution in [3.05, 3.63) is 15.8 Å². The third-order valence-electron chi connectivity index (χ3n) is 3.23. The first kappa shape index (κ1) is 16.3. The summed E-state index contributed by atoms with van der Waals surface area (Å²) >= 11 is 3.22. The molecule has 0 aromatic carbocycles. The number of aliphatic hydroxyl groups excluding tert-OH is 1. The molecule has 0 saturated carbocycles. The molecular weight excluding hydrogens is 316 g/mol. The summed E-state index contributed by atoms with van der Waals surface area (Å²) in [7, 11) is -3.52. The van der Waals surface area contributed by atoms with Gasteiger partial charge in [-0.15, -0.1) is 11.3 Å². The van der Waals surface area contributed by atoms with Crippen molar-refractivity contribution >= 4 is 33.1 Å². The number of aliphatic hydroxyl groups is 1. The number of sulfonamides is 1. The fraction of sp³-hybridized carbons (Fsp3) is 0.667. The molecule has 1 aliphatic heterocycles. The number of aryl methyl sites for hydroxylation is 1. The average Bonchev–Trinajstić information content (AvgIpc) is 2.81. The van der Waals surface area contributed by atoms with Gasteiger partial charge in [-0.25, -0.2) is 13.1 Å². The van der Waals surface area contributed by atoms with E-state index in [1.807, 2.05) is 11.8 Å². The SMILES string of the molecule is Cc1csc(CO)c1S(=O)(=O)NCCN1CCSCC1. The zero-order valence-corrected chi connectivity index (χ0v) is 13.9.